The molecule has 0 saturated heterocycles. The molecule has 0 nitrogen and oxygen atoms in total. The maximum atomic E-state index is 2.42. The van der Waals surface area contributed by atoms with E-state index in [1.807, 2.05) is 0 Å². The average Bonchev–Trinajstić information content (AvgIpc) is 1.90. The lowest BCUT2D eigenvalue weighted by atomic mass is 10.1. The van der Waals surface area contributed by atoms with Crippen LogP contribution in [0.5, 0.6) is 0 Å². The van der Waals surface area contributed by atoms with Gasteiger partial charge in [-0.15, -0.1) is 0 Å². The van der Waals surface area contributed by atoms with Crippen LogP contribution in [-0.2, 0) is 0 Å². The van der Waals surface area contributed by atoms with Crippen molar-refractivity contribution in [3.05, 3.63) is 11.4 Å². The van der Waals surface area contributed by atoms with Gasteiger partial charge in [-0.3, -0.25) is 0 Å². The van der Waals surface area contributed by atoms with E-state index in [0.717, 1.165) is 8.58 Å². The lowest BCUT2D eigenvalue weighted by Gasteiger charge is -2.08. The number of hydrogen-bond acceptors (Lipinski definition) is 0. The summed E-state index contributed by atoms with van der Waals surface area (Å²) in [6.07, 6.45) is 8.01. The molecule has 0 spiro atoms. The first kappa shape index (κ1) is 6.29. The first-order valence-electron chi connectivity index (χ1n) is 3.30. The van der Waals surface area contributed by atoms with Crippen molar-refractivity contribution in [2.45, 2.75) is 25.7 Å². The fraction of sp³-hybridized carbons (Fsp3) is 0.714. The second-order valence-electron chi connectivity index (χ2n) is 2.23. The van der Waals surface area contributed by atoms with Crippen LogP contribution in [0.3, 0.4) is 0 Å². The predicted octanol–water partition coefficient (Wildman–Crippen LogP) is 2.75. The summed E-state index contributed by atoms with van der Waals surface area (Å²) in [6, 6.07) is 0. The molecule has 0 bridgehead atoms. The van der Waals surface area contributed by atoms with Gasteiger partial charge >= 0.3 is 0 Å². The highest BCUT2D eigenvalue weighted by molar-refractivity contribution is 7.42. The monoisotopic (exact) mass is 128 g/mol. The average molecular weight is 128 g/mol. The van der Waals surface area contributed by atoms with Gasteiger partial charge in [-0.05, 0) is 32.3 Å². The van der Waals surface area contributed by atoms with E-state index in [1.54, 1.807) is 5.31 Å². The van der Waals surface area contributed by atoms with Crippen molar-refractivity contribution >= 4 is 8.58 Å². The van der Waals surface area contributed by atoms with Crippen LogP contribution in [-0.4, -0.2) is 6.66 Å². The van der Waals surface area contributed by atoms with E-state index in [4.69, 9.17) is 0 Å². The van der Waals surface area contributed by atoms with E-state index < -0.39 is 0 Å². The van der Waals surface area contributed by atoms with Crippen LogP contribution in [0.15, 0.2) is 11.4 Å². The maximum absolute atomic E-state index is 2.42. The largest absolute Gasteiger partial charge is 0.0984 e. The minimum absolute atomic E-state index is 1.07. The van der Waals surface area contributed by atoms with Gasteiger partial charge in [0.15, 0.2) is 0 Å². The molecule has 1 heteroatoms. The van der Waals surface area contributed by atoms with Crippen molar-refractivity contribution in [1.82, 2.24) is 0 Å². The van der Waals surface area contributed by atoms with Crippen LogP contribution in [0.4, 0.5) is 0 Å². The molecule has 1 unspecified atom stereocenters. The normalized spacial score (nSPS) is 21.9. The molecule has 0 radical (unpaired) electrons. The van der Waals surface area contributed by atoms with Gasteiger partial charge in [0.25, 0.3) is 0 Å². The highest BCUT2D eigenvalue weighted by atomic mass is 31.1. The predicted molar refractivity (Wildman–Crippen MR) is 40.8 cm³/mol. The molecule has 1 aliphatic carbocycles. The van der Waals surface area contributed by atoms with Crippen LogP contribution in [0.25, 0.3) is 0 Å². The molecule has 1 atom stereocenters. The Kier molecular flexibility index (Phi) is 2.55. The molecule has 1 rings (SSSR count). The highest BCUT2D eigenvalue weighted by Crippen LogP contribution is 2.29. The van der Waals surface area contributed by atoms with Gasteiger partial charge in [0.05, 0.1) is 0 Å². The van der Waals surface area contributed by atoms with E-state index in [2.05, 4.69) is 12.7 Å². The Morgan fingerprint density at radius 2 is 2.38 bits per heavy atom. The van der Waals surface area contributed by atoms with Crippen molar-refractivity contribution in [2.75, 3.05) is 6.66 Å². The van der Waals surface area contributed by atoms with Crippen molar-refractivity contribution in [3.8, 4) is 0 Å². The summed E-state index contributed by atoms with van der Waals surface area (Å²) in [5.74, 6) is 0. The van der Waals surface area contributed by atoms with Gasteiger partial charge in [0, 0.05) is 0 Å². The summed E-state index contributed by atoms with van der Waals surface area (Å²) in [4.78, 5) is 0. The smallest absolute Gasteiger partial charge is 0.0280 e. The van der Waals surface area contributed by atoms with E-state index in [1.165, 1.54) is 25.7 Å². The number of rotatable bonds is 1. The summed E-state index contributed by atoms with van der Waals surface area (Å²) in [6.45, 7) is 2.27. The van der Waals surface area contributed by atoms with Crippen LogP contribution in [0, 0.1) is 0 Å². The van der Waals surface area contributed by atoms with Crippen molar-refractivity contribution in [3.63, 3.8) is 0 Å². The zero-order valence-electron chi connectivity index (χ0n) is 5.41. The van der Waals surface area contributed by atoms with Crippen LogP contribution in [0.2, 0.25) is 0 Å². The second kappa shape index (κ2) is 3.25. The van der Waals surface area contributed by atoms with Crippen LogP contribution < -0.4 is 0 Å². The fourth-order valence-corrected chi connectivity index (χ4v) is 1.84. The molecule has 0 aromatic heterocycles. The molecule has 0 aromatic carbocycles. The summed E-state index contributed by atoms with van der Waals surface area (Å²) in [7, 11) is 1.07. The molecule has 8 heavy (non-hydrogen) atoms. The Labute approximate surface area is 53.1 Å². The quantitative estimate of drug-likeness (QED) is 0.476. The topological polar surface area (TPSA) is 0 Å². The fourth-order valence-electron chi connectivity index (χ4n) is 1.07. The standard InChI is InChI=1S/C7H13P/c1-8-7-5-3-2-4-6-7/h5,8H,2-4,6H2,1H3. The molecule has 0 saturated carbocycles. The zero-order chi connectivity index (χ0) is 5.82. The molecule has 0 fully saturated rings. The van der Waals surface area contributed by atoms with Gasteiger partial charge in [-0.2, -0.15) is 0 Å². The first-order chi connectivity index (χ1) is 3.93. The Balaban J connectivity index is 2.37. The van der Waals surface area contributed by atoms with Crippen molar-refractivity contribution in [2.24, 2.45) is 0 Å². The Bertz CT molecular complexity index is 94.6. The molecule has 46 valence electrons. The third-order valence-electron chi connectivity index (χ3n) is 1.61. The van der Waals surface area contributed by atoms with E-state index in [0.29, 0.717) is 0 Å². The lowest BCUT2D eigenvalue weighted by molar-refractivity contribution is 0.723. The molecule has 0 amide bonds. The van der Waals surface area contributed by atoms with Gasteiger partial charge in [-0.25, -0.2) is 0 Å². The first-order valence-corrected chi connectivity index (χ1v) is 4.80. The Morgan fingerprint density at radius 1 is 1.50 bits per heavy atom. The molecular weight excluding hydrogens is 115 g/mol. The van der Waals surface area contributed by atoms with Crippen molar-refractivity contribution < 1.29 is 0 Å². The van der Waals surface area contributed by atoms with Gasteiger partial charge in [0.1, 0.15) is 0 Å². The third kappa shape index (κ3) is 1.59. The lowest BCUT2D eigenvalue weighted by Crippen LogP contribution is -1.84. The molecular formula is C7H13P. The van der Waals surface area contributed by atoms with E-state index in [-0.39, 0.29) is 0 Å². The SMILES string of the molecule is CPC1=CCCCC1. The molecule has 0 aromatic rings. The molecule has 0 N–H and O–H groups in total. The zero-order valence-corrected chi connectivity index (χ0v) is 6.41. The van der Waals surface area contributed by atoms with Crippen molar-refractivity contribution in [1.29, 1.82) is 0 Å². The Morgan fingerprint density at radius 3 is 2.75 bits per heavy atom. The summed E-state index contributed by atoms with van der Waals surface area (Å²) in [5.41, 5.74) is 0. The van der Waals surface area contributed by atoms with Gasteiger partial charge in [0.2, 0.25) is 0 Å². The number of hydrogen-bond donors (Lipinski definition) is 0. The highest BCUT2D eigenvalue weighted by Gasteiger charge is 1.98. The molecule has 0 heterocycles. The van der Waals surface area contributed by atoms with Crippen LogP contribution in [0.1, 0.15) is 25.7 Å². The number of allylic oxidation sites excluding steroid dienone is 2. The van der Waals surface area contributed by atoms with Gasteiger partial charge < -0.3 is 0 Å². The summed E-state index contributed by atoms with van der Waals surface area (Å²) >= 11 is 0. The molecule has 0 aliphatic heterocycles. The van der Waals surface area contributed by atoms with Crippen LogP contribution >= 0.6 is 8.58 Å². The second-order valence-corrected chi connectivity index (χ2v) is 3.37. The summed E-state index contributed by atoms with van der Waals surface area (Å²) < 4.78 is 0. The minimum atomic E-state index is 1.07. The van der Waals surface area contributed by atoms with E-state index in [9.17, 15) is 0 Å². The minimum Gasteiger partial charge on any atom is -0.0984 e. The summed E-state index contributed by atoms with van der Waals surface area (Å²) in [5, 5.41) is 1.70. The Hall–Kier alpha value is 0.170. The van der Waals surface area contributed by atoms with E-state index >= 15 is 0 Å². The molecule has 1 aliphatic rings. The van der Waals surface area contributed by atoms with Gasteiger partial charge in [-0.1, -0.05) is 20.0 Å². The third-order valence-corrected chi connectivity index (χ3v) is 2.71. The maximum Gasteiger partial charge on any atom is -0.0280 e.